The number of rotatable bonds is 0. The first-order valence-electron chi connectivity index (χ1n) is 2.85. The maximum absolute atomic E-state index is 12.4. The van der Waals surface area contributed by atoms with E-state index in [0.717, 1.165) is 0 Å². The highest BCUT2D eigenvalue weighted by Gasteiger charge is 2.08. The number of hydrogen-bond acceptors (Lipinski definition) is 1. The standard InChI is InChI=1S/C7H6FN2/c1-5-4-6(8)2-3-7(5)10-9/h2-4H,1H3/q+1. The van der Waals surface area contributed by atoms with E-state index in [9.17, 15) is 4.39 Å². The molecule has 0 aliphatic rings. The molecule has 50 valence electrons. The second-order valence-electron chi connectivity index (χ2n) is 2.03. The molecule has 0 bridgehead atoms. The van der Waals surface area contributed by atoms with E-state index in [4.69, 9.17) is 5.39 Å². The zero-order valence-corrected chi connectivity index (χ0v) is 5.50. The van der Waals surface area contributed by atoms with Gasteiger partial charge in [-0.1, -0.05) is 0 Å². The molecule has 0 saturated carbocycles. The zero-order valence-electron chi connectivity index (χ0n) is 5.50. The molecular formula is C7H6FN2+. The van der Waals surface area contributed by atoms with Crippen LogP contribution in [0.2, 0.25) is 0 Å². The second kappa shape index (κ2) is 2.44. The van der Waals surface area contributed by atoms with E-state index in [1.54, 1.807) is 6.92 Å². The van der Waals surface area contributed by atoms with Crippen molar-refractivity contribution >= 4 is 5.69 Å². The van der Waals surface area contributed by atoms with Gasteiger partial charge in [-0.15, -0.1) is 0 Å². The van der Waals surface area contributed by atoms with Crippen molar-refractivity contribution < 1.29 is 4.39 Å². The van der Waals surface area contributed by atoms with Crippen LogP contribution in [0.3, 0.4) is 0 Å². The predicted octanol–water partition coefficient (Wildman–Crippen LogP) is 2.62. The summed E-state index contributed by atoms with van der Waals surface area (Å²) in [5.41, 5.74) is 1.03. The minimum absolute atomic E-state index is 0.315. The van der Waals surface area contributed by atoms with Crippen molar-refractivity contribution in [2.24, 2.45) is 0 Å². The Morgan fingerprint density at radius 3 is 2.70 bits per heavy atom. The van der Waals surface area contributed by atoms with E-state index >= 15 is 0 Å². The molecule has 0 N–H and O–H groups in total. The van der Waals surface area contributed by atoms with Crippen LogP contribution >= 0.6 is 0 Å². The monoisotopic (exact) mass is 137 g/mol. The third-order valence-corrected chi connectivity index (χ3v) is 1.27. The van der Waals surface area contributed by atoms with Gasteiger partial charge in [-0.25, -0.2) is 4.39 Å². The average molecular weight is 137 g/mol. The van der Waals surface area contributed by atoms with Crippen LogP contribution in [0.25, 0.3) is 4.98 Å². The first kappa shape index (κ1) is 6.69. The molecule has 1 rings (SSSR count). The molecule has 0 heterocycles. The number of halogens is 1. The Morgan fingerprint density at radius 1 is 1.50 bits per heavy atom. The van der Waals surface area contributed by atoms with Crippen molar-refractivity contribution in [2.75, 3.05) is 0 Å². The summed E-state index contributed by atoms with van der Waals surface area (Å²) in [4.78, 5) is 2.94. The van der Waals surface area contributed by atoms with Gasteiger partial charge in [0.1, 0.15) is 5.82 Å². The average Bonchev–Trinajstić information content (AvgIpc) is 1.88. The van der Waals surface area contributed by atoms with Gasteiger partial charge in [-0.05, 0) is 19.1 Å². The van der Waals surface area contributed by atoms with Gasteiger partial charge in [-0.3, -0.25) is 0 Å². The summed E-state index contributed by atoms with van der Waals surface area (Å²) in [7, 11) is 0. The summed E-state index contributed by atoms with van der Waals surface area (Å²) in [6.45, 7) is 1.68. The second-order valence-corrected chi connectivity index (χ2v) is 2.03. The first-order chi connectivity index (χ1) is 4.74. The van der Waals surface area contributed by atoms with Crippen LogP contribution in [-0.2, 0) is 0 Å². The summed E-state index contributed by atoms with van der Waals surface area (Å²) in [5.74, 6) is -0.315. The summed E-state index contributed by atoms with van der Waals surface area (Å²) in [5, 5.41) is 8.31. The van der Waals surface area contributed by atoms with Crippen LogP contribution < -0.4 is 0 Å². The van der Waals surface area contributed by atoms with Crippen molar-refractivity contribution in [1.82, 2.24) is 0 Å². The lowest BCUT2D eigenvalue weighted by Gasteiger charge is -1.85. The summed E-state index contributed by atoms with van der Waals surface area (Å²) in [6.07, 6.45) is 0. The van der Waals surface area contributed by atoms with Gasteiger partial charge < -0.3 is 0 Å². The molecule has 0 spiro atoms. The van der Waals surface area contributed by atoms with Crippen molar-refractivity contribution in [3.63, 3.8) is 0 Å². The fourth-order valence-electron chi connectivity index (χ4n) is 0.731. The van der Waals surface area contributed by atoms with Crippen LogP contribution in [0.1, 0.15) is 5.56 Å². The highest BCUT2D eigenvalue weighted by atomic mass is 19.1. The van der Waals surface area contributed by atoms with Crippen molar-refractivity contribution in [2.45, 2.75) is 6.92 Å². The molecule has 0 unspecified atom stereocenters. The number of nitrogens with zero attached hydrogens (tertiary/aromatic N) is 2. The van der Waals surface area contributed by atoms with Crippen molar-refractivity contribution in [3.8, 4) is 0 Å². The Hall–Kier alpha value is -1.43. The minimum Gasteiger partial charge on any atom is -0.207 e. The van der Waals surface area contributed by atoms with Crippen LogP contribution in [0, 0.1) is 18.1 Å². The maximum atomic E-state index is 12.4. The molecule has 0 aliphatic heterocycles. The Balaban J connectivity index is 3.23. The van der Waals surface area contributed by atoms with E-state index in [2.05, 4.69) is 4.98 Å². The first-order valence-corrected chi connectivity index (χ1v) is 2.85. The quantitative estimate of drug-likeness (QED) is 0.505. The molecule has 10 heavy (non-hydrogen) atoms. The van der Waals surface area contributed by atoms with Gasteiger partial charge in [0, 0.05) is 11.6 Å². The largest absolute Gasteiger partial charge is 0.388 e. The molecule has 0 aliphatic carbocycles. The lowest BCUT2D eigenvalue weighted by Crippen LogP contribution is -1.75. The summed E-state index contributed by atoms with van der Waals surface area (Å²) >= 11 is 0. The van der Waals surface area contributed by atoms with Gasteiger partial charge in [0.15, 0.2) is 4.98 Å². The number of benzene rings is 1. The lowest BCUT2D eigenvalue weighted by molar-refractivity contribution is 0.627. The molecule has 3 heteroatoms. The fourth-order valence-corrected chi connectivity index (χ4v) is 0.731. The highest BCUT2D eigenvalue weighted by molar-refractivity contribution is 5.50. The molecule has 0 saturated heterocycles. The van der Waals surface area contributed by atoms with Gasteiger partial charge in [-0.2, -0.15) is 0 Å². The number of aryl methyl sites for hydroxylation is 1. The molecule has 0 amide bonds. The predicted molar refractivity (Wildman–Crippen MR) is 35.9 cm³/mol. The Labute approximate surface area is 57.9 Å². The summed E-state index contributed by atoms with van der Waals surface area (Å²) in [6, 6.07) is 3.99. The molecule has 0 atom stereocenters. The number of hydrogen-bond donors (Lipinski definition) is 0. The zero-order chi connectivity index (χ0) is 7.56. The van der Waals surface area contributed by atoms with Crippen LogP contribution in [-0.4, -0.2) is 0 Å². The van der Waals surface area contributed by atoms with Crippen molar-refractivity contribution in [1.29, 1.82) is 5.39 Å². The molecule has 0 aromatic heterocycles. The Morgan fingerprint density at radius 2 is 2.20 bits per heavy atom. The minimum atomic E-state index is -0.315. The van der Waals surface area contributed by atoms with E-state index in [0.29, 0.717) is 11.3 Å². The molecule has 0 radical (unpaired) electrons. The molecule has 1 aromatic rings. The van der Waals surface area contributed by atoms with Gasteiger partial charge in [0.2, 0.25) is 5.39 Å². The lowest BCUT2D eigenvalue weighted by atomic mass is 10.2. The highest BCUT2D eigenvalue weighted by Crippen LogP contribution is 2.18. The van der Waals surface area contributed by atoms with Gasteiger partial charge >= 0.3 is 5.69 Å². The van der Waals surface area contributed by atoms with E-state index < -0.39 is 0 Å². The molecule has 1 aromatic carbocycles. The maximum Gasteiger partial charge on any atom is 0.388 e. The topological polar surface area (TPSA) is 28.1 Å². The number of diazo groups is 1. The Bertz CT molecular complexity index is 288. The third kappa shape index (κ3) is 1.11. The van der Waals surface area contributed by atoms with E-state index in [1.165, 1.54) is 18.2 Å². The normalized spacial score (nSPS) is 8.90. The van der Waals surface area contributed by atoms with Crippen LogP contribution in [0.4, 0.5) is 10.1 Å². The third-order valence-electron chi connectivity index (χ3n) is 1.27. The summed E-state index contributed by atoms with van der Waals surface area (Å²) < 4.78 is 12.4. The SMILES string of the molecule is Cc1cc(F)ccc1[N+]#N. The van der Waals surface area contributed by atoms with E-state index in [-0.39, 0.29) is 5.82 Å². The fraction of sp³-hybridized carbons (Fsp3) is 0.143. The van der Waals surface area contributed by atoms with Crippen LogP contribution in [0.15, 0.2) is 18.2 Å². The molecular weight excluding hydrogens is 131 g/mol. The van der Waals surface area contributed by atoms with Crippen molar-refractivity contribution in [3.05, 3.63) is 34.6 Å². The smallest absolute Gasteiger partial charge is 0.207 e. The van der Waals surface area contributed by atoms with Gasteiger partial charge in [0.25, 0.3) is 0 Å². The molecule has 2 nitrogen and oxygen atoms in total. The van der Waals surface area contributed by atoms with Crippen LogP contribution in [0.5, 0.6) is 0 Å². The Kier molecular flexibility index (Phi) is 1.63. The van der Waals surface area contributed by atoms with E-state index in [1.807, 2.05) is 0 Å². The molecule has 0 fully saturated rings. The van der Waals surface area contributed by atoms with Gasteiger partial charge in [0.05, 0.1) is 0 Å².